The Balaban J connectivity index is 1.83. The third kappa shape index (κ3) is 3.28. The second kappa shape index (κ2) is 7.37. The van der Waals surface area contributed by atoms with E-state index in [4.69, 9.17) is 14.2 Å². The Bertz CT molecular complexity index is 976. The van der Waals surface area contributed by atoms with Gasteiger partial charge < -0.3 is 24.4 Å². The molecule has 0 bridgehead atoms. The fourth-order valence-corrected chi connectivity index (χ4v) is 6.76. The fourth-order valence-electron chi connectivity index (χ4n) is 6.76. The molecule has 176 valence electrons. The summed E-state index contributed by atoms with van der Waals surface area (Å²) in [6, 6.07) is 0. The molecular formula is C25H34O7. The van der Waals surface area contributed by atoms with Gasteiger partial charge in [-0.2, -0.15) is 0 Å². The Hall–Kier alpha value is -2.28. The number of rotatable bonds is 4. The molecule has 0 saturated heterocycles. The van der Waals surface area contributed by atoms with Crippen LogP contribution in [0.5, 0.6) is 11.5 Å². The lowest BCUT2D eigenvalue weighted by Crippen LogP contribution is -2.61. The molecule has 2 N–H and O–H groups in total. The number of esters is 2. The predicted molar refractivity (Wildman–Crippen MR) is 117 cm³/mol. The van der Waals surface area contributed by atoms with Crippen molar-refractivity contribution in [2.24, 2.45) is 17.3 Å². The summed E-state index contributed by atoms with van der Waals surface area (Å²) >= 11 is 0. The number of carbonyl (C=O) groups is 2. The SMILES string of the molecule is COC(=O)CC[C@]1(C)[C@H]2Cc3c(O)c4c(c(C)c3O[C@@]2(C)CC[C@H]1C(C)(C)O)COC4=O. The van der Waals surface area contributed by atoms with Gasteiger partial charge in [-0.15, -0.1) is 0 Å². The van der Waals surface area contributed by atoms with Crippen molar-refractivity contribution in [3.8, 4) is 11.5 Å². The van der Waals surface area contributed by atoms with Gasteiger partial charge >= 0.3 is 11.9 Å². The minimum absolute atomic E-state index is 0.0640. The van der Waals surface area contributed by atoms with Gasteiger partial charge in [-0.25, -0.2) is 4.79 Å². The van der Waals surface area contributed by atoms with Crippen LogP contribution in [0.15, 0.2) is 0 Å². The third-order valence-corrected chi connectivity index (χ3v) is 8.39. The smallest absolute Gasteiger partial charge is 0.342 e. The maximum absolute atomic E-state index is 12.3. The number of cyclic esters (lactones) is 1. The second-order valence-corrected chi connectivity index (χ2v) is 10.7. The topological polar surface area (TPSA) is 102 Å². The minimum atomic E-state index is -0.952. The van der Waals surface area contributed by atoms with Crippen molar-refractivity contribution in [3.05, 3.63) is 22.3 Å². The number of benzene rings is 1. The zero-order valence-corrected chi connectivity index (χ0v) is 19.8. The molecule has 7 nitrogen and oxygen atoms in total. The molecule has 1 aromatic carbocycles. The zero-order chi connectivity index (χ0) is 23.6. The molecule has 3 aliphatic rings. The van der Waals surface area contributed by atoms with E-state index in [2.05, 4.69) is 13.8 Å². The van der Waals surface area contributed by atoms with E-state index in [9.17, 15) is 19.8 Å². The first-order valence-corrected chi connectivity index (χ1v) is 11.4. The average molecular weight is 447 g/mol. The van der Waals surface area contributed by atoms with E-state index in [1.165, 1.54) is 7.11 Å². The average Bonchev–Trinajstić information content (AvgIpc) is 3.10. The number of hydrogen-bond donors (Lipinski definition) is 2. The van der Waals surface area contributed by atoms with Crippen LogP contribution in [-0.4, -0.2) is 40.5 Å². The summed E-state index contributed by atoms with van der Waals surface area (Å²) in [5, 5.41) is 22.1. The van der Waals surface area contributed by atoms with Crippen LogP contribution in [0.25, 0.3) is 0 Å². The van der Waals surface area contributed by atoms with E-state index in [1.807, 2.05) is 20.8 Å². The lowest BCUT2D eigenvalue weighted by atomic mass is 9.49. The summed E-state index contributed by atoms with van der Waals surface area (Å²) in [5.41, 5.74) is 0.423. The fraction of sp³-hybridized carbons (Fsp3) is 0.680. The molecule has 1 saturated carbocycles. The zero-order valence-electron chi connectivity index (χ0n) is 19.8. The van der Waals surface area contributed by atoms with Crippen molar-refractivity contribution in [2.45, 2.75) is 84.5 Å². The number of fused-ring (bicyclic) bond motifs is 3. The van der Waals surface area contributed by atoms with Crippen LogP contribution in [0.2, 0.25) is 0 Å². The van der Waals surface area contributed by atoms with Gasteiger partial charge in [-0.3, -0.25) is 4.79 Å². The van der Waals surface area contributed by atoms with Gasteiger partial charge in [-0.1, -0.05) is 6.92 Å². The molecule has 2 heterocycles. The highest BCUT2D eigenvalue weighted by atomic mass is 16.5. The maximum atomic E-state index is 12.3. The van der Waals surface area contributed by atoms with Crippen molar-refractivity contribution in [3.63, 3.8) is 0 Å². The van der Waals surface area contributed by atoms with Gasteiger partial charge in [0.2, 0.25) is 0 Å². The molecule has 0 spiro atoms. The van der Waals surface area contributed by atoms with Crippen molar-refractivity contribution >= 4 is 11.9 Å². The predicted octanol–water partition coefficient (Wildman–Crippen LogP) is 3.82. The molecular weight excluding hydrogens is 412 g/mol. The van der Waals surface area contributed by atoms with Gasteiger partial charge in [0.15, 0.2) is 0 Å². The van der Waals surface area contributed by atoms with E-state index >= 15 is 0 Å². The molecule has 2 aliphatic heterocycles. The molecule has 0 amide bonds. The Morgan fingerprint density at radius 3 is 2.59 bits per heavy atom. The first kappa shape index (κ1) is 22.9. The lowest BCUT2D eigenvalue weighted by Gasteiger charge is -2.60. The van der Waals surface area contributed by atoms with Crippen LogP contribution in [0.3, 0.4) is 0 Å². The van der Waals surface area contributed by atoms with Gasteiger partial charge in [0.05, 0.1) is 12.7 Å². The molecule has 0 aromatic heterocycles. The van der Waals surface area contributed by atoms with Crippen molar-refractivity contribution in [1.29, 1.82) is 0 Å². The number of aromatic hydroxyl groups is 1. The molecule has 1 aromatic rings. The monoisotopic (exact) mass is 446 g/mol. The molecule has 4 rings (SSSR count). The Kier molecular flexibility index (Phi) is 5.27. The first-order chi connectivity index (χ1) is 14.8. The van der Waals surface area contributed by atoms with Gasteiger partial charge in [-0.05, 0) is 70.3 Å². The van der Waals surface area contributed by atoms with E-state index in [1.54, 1.807) is 0 Å². The molecule has 0 unspecified atom stereocenters. The van der Waals surface area contributed by atoms with E-state index in [0.717, 1.165) is 18.4 Å². The molecule has 1 aliphatic carbocycles. The number of phenols is 1. The summed E-state index contributed by atoms with van der Waals surface area (Å²) in [7, 11) is 1.38. The van der Waals surface area contributed by atoms with Gasteiger partial charge in [0.25, 0.3) is 0 Å². The molecule has 7 heteroatoms. The summed E-state index contributed by atoms with van der Waals surface area (Å²) in [6.07, 6.45) is 2.75. The molecule has 32 heavy (non-hydrogen) atoms. The first-order valence-electron chi connectivity index (χ1n) is 11.4. The van der Waals surface area contributed by atoms with Crippen LogP contribution in [-0.2, 0) is 27.3 Å². The summed E-state index contributed by atoms with van der Waals surface area (Å²) in [4.78, 5) is 24.3. The van der Waals surface area contributed by atoms with E-state index < -0.39 is 22.6 Å². The number of hydrogen-bond acceptors (Lipinski definition) is 7. The van der Waals surface area contributed by atoms with Crippen molar-refractivity contribution in [1.82, 2.24) is 0 Å². The van der Waals surface area contributed by atoms with E-state index in [0.29, 0.717) is 29.7 Å². The van der Waals surface area contributed by atoms with Crippen molar-refractivity contribution in [2.75, 3.05) is 7.11 Å². The number of methoxy groups -OCH3 is 1. The van der Waals surface area contributed by atoms with Gasteiger partial charge in [0, 0.05) is 23.5 Å². The summed E-state index contributed by atoms with van der Waals surface area (Å²) in [5.74, 6) is -0.391. The highest BCUT2D eigenvalue weighted by molar-refractivity contribution is 5.98. The minimum Gasteiger partial charge on any atom is -0.507 e. The Morgan fingerprint density at radius 1 is 1.28 bits per heavy atom. The lowest BCUT2D eigenvalue weighted by molar-refractivity contribution is -0.171. The highest BCUT2D eigenvalue weighted by Gasteiger charge is 2.60. The largest absolute Gasteiger partial charge is 0.507 e. The molecule has 0 radical (unpaired) electrons. The third-order valence-electron chi connectivity index (χ3n) is 8.39. The number of aliphatic hydroxyl groups is 1. The second-order valence-electron chi connectivity index (χ2n) is 10.7. The maximum Gasteiger partial charge on any atom is 0.342 e. The normalized spacial score (nSPS) is 31.2. The van der Waals surface area contributed by atoms with Crippen LogP contribution in [0.1, 0.15) is 80.4 Å². The summed E-state index contributed by atoms with van der Waals surface area (Å²) < 4.78 is 16.7. The van der Waals surface area contributed by atoms with Gasteiger partial charge in [0.1, 0.15) is 29.3 Å². The van der Waals surface area contributed by atoms with Crippen LogP contribution in [0.4, 0.5) is 0 Å². The highest BCUT2D eigenvalue weighted by Crippen LogP contribution is 2.61. The van der Waals surface area contributed by atoms with Crippen LogP contribution < -0.4 is 4.74 Å². The number of carbonyl (C=O) groups excluding carboxylic acids is 2. The Labute approximate surface area is 189 Å². The number of phenolic OH excluding ortho intramolecular Hbond substituents is 1. The van der Waals surface area contributed by atoms with E-state index in [-0.39, 0.29) is 42.1 Å². The van der Waals surface area contributed by atoms with Crippen molar-refractivity contribution < 1.29 is 34.0 Å². The molecule has 4 atom stereocenters. The molecule has 1 fully saturated rings. The van der Waals surface area contributed by atoms with Crippen LogP contribution in [0, 0.1) is 24.2 Å². The standard InChI is InChI=1S/C25H34O7/c1-13-15-12-31-22(28)19(15)20(27)14-11-17-24(4,9-8-18(26)30-6)16(23(2,3)29)7-10-25(17,5)32-21(13)14/h16-17,27,29H,7-12H2,1-6H3/t16-,17+,24-,25-/m0/s1. The number of ether oxygens (including phenoxy) is 3. The summed E-state index contributed by atoms with van der Waals surface area (Å²) in [6.45, 7) is 9.88. The quantitative estimate of drug-likeness (QED) is 0.678. The van der Waals surface area contributed by atoms with Crippen LogP contribution >= 0.6 is 0 Å². The Morgan fingerprint density at radius 2 is 1.97 bits per heavy atom.